The van der Waals surface area contributed by atoms with Crippen LogP contribution >= 0.6 is 0 Å². The fraction of sp³-hybridized carbons (Fsp3) is 0.0556. The molecule has 3 rings (SSSR count). The Morgan fingerprint density at radius 2 is 1.73 bits per heavy atom. The zero-order valence-electron chi connectivity index (χ0n) is 13.2. The van der Waals surface area contributed by atoms with Crippen molar-refractivity contribution in [3.8, 4) is 11.4 Å². The van der Waals surface area contributed by atoms with Gasteiger partial charge >= 0.3 is 12.1 Å². The number of nitrogens with one attached hydrogen (secondary N) is 1. The molecule has 132 valence electrons. The number of aromatic nitrogens is 2. The minimum atomic E-state index is -4.70. The Morgan fingerprint density at radius 3 is 2.35 bits per heavy atom. The van der Waals surface area contributed by atoms with Crippen molar-refractivity contribution < 1.29 is 22.5 Å². The minimum absolute atomic E-state index is 0.201. The molecule has 0 aliphatic carbocycles. The van der Waals surface area contributed by atoms with Crippen molar-refractivity contribution in [3.63, 3.8) is 0 Å². The van der Waals surface area contributed by atoms with Crippen molar-refractivity contribution in [2.75, 3.05) is 0 Å². The van der Waals surface area contributed by atoms with Gasteiger partial charge in [-0.3, -0.25) is 4.79 Å². The van der Waals surface area contributed by atoms with Crippen LogP contribution in [-0.4, -0.2) is 16.0 Å². The van der Waals surface area contributed by atoms with Gasteiger partial charge in [-0.25, -0.2) is 0 Å². The smallest absolute Gasteiger partial charge is 0.329 e. The summed E-state index contributed by atoms with van der Waals surface area (Å²) in [5, 5.41) is 5.91. The van der Waals surface area contributed by atoms with Gasteiger partial charge in [-0.2, -0.15) is 18.2 Å². The van der Waals surface area contributed by atoms with Crippen LogP contribution in [0, 0.1) is 0 Å². The number of nitrogens with zero attached hydrogens (tertiary/aromatic N) is 2. The standard InChI is InChI=1S/C18H12F3N3O2/c19-18(20,21)17-23-15(24-26-17)13-6-8-14(9-7-13)16(25)22-11-10-12-4-2-1-3-5-12/h1-11H,(H,22,25). The molecule has 8 heteroatoms. The van der Waals surface area contributed by atoms with Crippen LogP contribution in [0.2, 0.25) is 0 Å². The van der Waals surface area contributed by atoms with Gasteiger partial charge in [-0.05, 0) is 23.8 Å². The highest BCUT2D eigenvalue weighted by molar-refractivity contribution is 5.95. The highest BCUT2D eigenvalue weighted by atomic mass is 19.4. The average molecular weight is 359 g/mol. The summed E-state index contributed by atoms with van der Waals surface area (Å²) in [5.41, 5.74) is 1.58. The van der Waals surface area contributed by atoms with Crippen molar-refractivity contribution >= 4 is 12.0 Å². The van der Waals surface area contributed by atoms with Gasteiger partial charge in [0, 0.05) is 17.3 Å². The quantitative estimate of drug-likeness (QED) is 0.760. The van der Waals surface area contributed by atoms with E-state index in [9.17, 15) is 18.0 Å². The van der Waals surface area contributed by atoms with E-state index in [0.29, 0.717) is 11.1 Å². The van der Waals surface area contributed by atoms with Gasteiger partial charge in [0.15, 0.2) is 0 Å². The van der Waals surface area contributed by atoms with Gasteiger partial charge in [0.2, 0.25) is 5.82 Å². The topological polar surface area (TPSA) is 68.0 Å². The summed E-state index contributed by atoms with van der Waals surface area (Å²) < 4.78 is 41.6. The third kappa shape index (κ3) is 4.15. The zero-order valence-corrected chi connectivity index (χ0v) is 13.2. The fourth-order valence-electron chi connectivity index (χ4n) is 2.09. The summed E-state index contributed by atoms with van der Waals surface area (Å²) in [6.45, 7) is 0. The number of carbonyl (C=O) groups is 1. The largest absolute Gasteiger partial charge is 0.471 e. The molecule has 1 amide bonds. The molecule has 0 bridgehead atoms. The maximum absolute atomic E-state index is 12.5. The number of hydrogen-bond donors (Lipinski definition) is 1. The SMILES string of the molecule is O=C(NC=Cc1ccccc1)c1ccc(-c2noc(C(F)(F)F)n2)cc1. The van der Waals surface area contributed by atoms with Crippen LogP contribution in [-0.2, 0) is 6.18 Å². The Kier molecular flexibility index (Phi) is 4.83. The summed E-state index contributed by atoms with van der Waals surface area (Å²) in [6.07, 6.45) is -1.44. The molecule has 1 heterocycles. The molecule has 0 aliphatic heterocycles. The van der Waals surface area contributed by atoms with Gasteiger partial charge in [-0.15, -0.1) is 0 Å². The number of carbonyl (C=O) groups excluding carboxylic acids is 1. The van der Waals surface area contributed by atoms with Crippen molar-refractivity contribution in [2.45, 2.75) is 6.18 Å². The first kappa shape index (κ1) is 17.4. The second-order valence-electron chi connectivity index (χ2n) is 5.22. The highest BCUT2D eigenvalue weighted by Crippen LogP contribution is 2.29. The lowest BCUT2D eigenvalue weighted by Gasteiger charge is -2.01. The molecule has 0 aliphatic rings. The molecule has 0 spiro atoms. The summed E-state index contributed by atoms with van der Waals surface area (Å²) in [6, 6.07) is 15.2. The Hall–Kier alpha value is -3.42. The summed E-state index contributed by atoms with van der Waals surface area (Å²) in [5.74, 6) is -1.97. The van der Waals surface area contributed by atoms with Gasteiger partial charge in [0.05, 0.1) is 0 Å². The molecule has 2 aromatic carbocycles. The maximum atomic E-state index is 12.5. The van der Waals surface area contributed by atoms with E-state index in [1.807, 2.05) is 30.3 Å². The Bertz CT molecular complexity index is 917. The predicted molar refractivity (Wildman–Crippen MR) is 87.7 cm³/mol. The second-order valence-corrected chi connectivity index (χ2v) is 5.22. The first-order valence-electron chi connectivity index (χ1n) is 7.47. The lowest BCUT2D eigenvalue weighted by atomic mass is 10.1. The fourth-order valence-corrected chi connectivity index (χ4v) is 2.09. The third-order valence-corrected chi connectivity index (χ3v) is 3.36. The number of rotatable bonds is 4. The molecule has 1 aromatic heterocycles. The second kappa shape index (κ2) is 7.22. The number of amides is 1. The minimum Gasteiger partial charge on any atom is -0.329 e. The molecular formula is C18H12F3N3O2. The van der Waals surface area contributed by atoms with Gasteiger partial charge in [-0.1, -0.05) is 47.6 Å². The molecule has 0 radical (unpaired) electrons. The Balaban J connectivity index is 1.66. The van der Waals surface area contributed by atoms with E-state index < -0.39 is 12.1 Å². The van der Waals surface area contributed by atoms with Crippen LogP contribution < -0.4 is 5.32 Å². The molecule has 3 aromatic rings. The van der Waals surface area contributed by atoms with Crippen LogP contribution in [0.25, 0.3) is 17.5 Å². The van der Waals surface area contributed by atoms with E-state index in [1.165, 1.54) is 30.5 Å². The molecule has 5 nitrogen and oxygen atoms in total. The monoisotopic (exact) mass is 359 g/mol. The van der Waals surface area contributed by atoms with E-state index in [1.54, 1.807) is 6.08 Å². The van der Waals surface area contributed by atoms with Gasteiger partial charge in [0.1, 0.15) is 0 Å². The van der Waals surface area contributed by atoms with Crippen LogP contribution in [0.3, 0.4) is 0 Å². The van der Waals surface area contributed by atoms with Gasteiger partial charge in [0.25, 0.3) is 5.91 Å². The van der Waals surface area contributed by atoms with Crippen molar-refractivity contribution in [3.05, 3.63) is 77.8 Å². The molecule has 0 fully saturated rings. The Morgan fingerprint density at radius 1 is 1.04 bits per heavy atom. The van der Waals surface area contributed by atoms with Crippen LogP contribution in [0.5, 0.6) is 0 Å². The number of halogens is 3. The maximum Gasteiger partial charge on any atom is 0.471 e. The molecule has 26 heavy (non-hydrogen) atoms. The van der Waals surface area contributed by atoms with E-state index in [2.05, 4.69) is 20.0 Å². The number of benzene rings is 2. The molecule has 0 saturated heterocycles. The normalized spacial score (nSPS) is 11.7. The summed E-state index contributed by atoms with van der Waals surface area (Å²) >= 11 is 0. The van der Waals surface area contributed by atoms with Crippen LogP contribution in [0.15, 0.2) is 65.3 Å². The lowest BCUT2D eigenvalue weighted by Crippen LogP contribution is -2.16. The van der Waals surface area contributed by atoms with Crippen LogP contribution in [0.4, 0.5) is 13.2 Å². The number of hydrogen-bond acceptors (Lipinski definition) is 4. The number of alkyl halides is 3. The first-order chi connectivity index (χ1) is 12.4. The zero-order chi connectivity index (χ0) is 18.6. The predicted octanol–water partition coefficient (Wildman–Crippen LogP) is 4.16. The average Bonchev–Trinajstić information content (AvgIpc) is 3.13. The lowest BCUT2D eigenvalue weighted by molar-refractivity contribution is -0.159. The third-order valence-electron chi connectivity index (χ3n) is 3.36. The van der Waals surface area contributed by atoms with E-state index >= 15 is 0 Å². The molecule has 1 N–H and O–H groups in total. The summed E-state index contributed by atoms with van der Waals surface area (Å²) in [4.78, 5) is 15.4. The van der Waals surface area contributed by atoms with Gasteiger partial charge < -0.3 is 9.84 Å². The molecular weight excluding hydrogens is 347 g/mol. The summed E-state index contributed by atoms with van der Waals surface area (Å²) in [7, 11) is 0. The molecule has 0 atom stereocenters. The van der Waals surface area contributed by atoms with Crippen molar-refractivity contribution in [1.29, 1.82) is 0 Å². The molecule has 0 unspecified atom stereocenters. The first-order valence-corrected chi connectivity index (χ1v) is 7.47. The highest BCUT2D eigenvalue weighted by Gasteiger charge is 2.38. The van der Waals surface area contributed by atoms with Crippen molar-refractivity contribution in [1.82, 2.24) is 15.5 Å². The molecule has 0 saturated carbocycles. The van der Waals surface area contributed by atoms with Crippen molar-refractivity contribution in [2.24, 2.45) is 0 Å². The van der Waals surface area contributed by atoms with E-state index in [0.717, 1.165) is 5.56 Å². The van der Waals surface area contributed by atoms with Crippen LogP contribution in [0.1, 0.15) is 21.8 Å². The van der Waals surface area contributed by atoms with E-state index in [4.69, 9.17) is 0 Å². The Labute approximate surface area is 146 Å². The van der Waals surface area contributed by atoms with E-state index in [-0.39, 0.29) is 11.7 Å².